The molecule has 0 aliphatic carbocycles. The van der Waals surface area contributed by atoms with Gasteiger partial charge in [0.1, 0.15) is 5.82 Å². The van der Waals surface area contributed by atoms with E-state index in [1.54, 1.807) is 13.0 Å². The Bertz CT molecular complexity index is 459. The third kappa shape index (κ3) is 3.09. The number of aryl methyl sites for hydroxylation is 1. The van der Waals surface area contributed by atoms with E-state index in [4.69, 9.17) is 0 Å². The summed E-state index contributed by atoms with van der Waals surface area (Å²) in [6, 6.07) is 2.88. The zero-order valence-corrected chi connectivity index (χ0v) is 11.8. The quantitative estimate of drug-likeness (QED) is 0.881. The fourth-order valence-corrected chi connectivity index (χ4v) is 2.42. The summed E-state index contributed by atoms with van der Waals surface area (Å²) in [6.45, 7) is 2.66. The first kappa shape index (κ1) is 13.5. The predicted molar refractivity (Wildman–Crippen MR) is 73.1 cm³/mol. The van der Waals surface area contributed by atoms with Crippen LogP contribution in [0.3, 0.4) is 0 Å². The Labute approximate surface area is 114 Å². The van der Waals surface area contributed by atoms with E-state index in [9.17, 15) is 9.18 Å². The van der Waals surface area contributed by atoms with Crippen molar-refractivity contribution in [1.82, 2.24) is 5.32 Å². The lowest BCUT2D eigenvalue weighted by molar-refractivity contribution is -0.118. The molecule has 3 nitrogen and oxygen atoms in total. The van der Waals surface area contributed by atoms with Gasteiger partial charge in [0, 0.05) is 5.69 Å². The molecule has 0 saturated carbocycles. The molecular formula is C13H16BrFN2O. The standard InChI is InChI=1S/C13H16BrFN2O/c1-8-6-10(15)9(14)7-12(8)17-13(18)11-4-2-3-5-16-11/h6-7,11,16H,2-5H2,1H3,(H,17,18)/t11-/m0/s1. The molecule has 1 fully saturated rings. The smallest absolute Gasteiger partial charge is 0.241 e. The summed E-state index contributed by atoms with van der Waals surface area (Å²) in [5, 5.41) is 6.04. The van der Waals surface area contributed by atoms with Gasteiger partial charge in [-0.3, -0.25) is 4.79 Å². The number of amides is 1. The Kier molecular flexibility index (Phi) is 4.35. The van der Waals surface area contributed by atoms with Crippen LogP contribution in [0.15, 0.2) is 16.6 Å². The second-order valence-electron chi connectivity index (χ2n) is 4.57. The molecule has 0 spiro atoms. The molecule has 0 radical (unpaired) electrons. The molecule has 0 aromatic heterocycles. The lowest BCUT2D eigenvalue weighted by Crippen LogP contribution is -2.43. The third-order valence-corrected chi connectivity index (χ3v) is 3.76. The first-order chi connectivity index (χ1) is 8.58. The minimum absolute atomic E-state index is 0.0451. The van der Waals surface area contributed by atoms with Crippen molar-refractivity contribution in [3.8, 4) is 0 Å². The van der Waals surface area contributed by atoms with Gasteiger partial charge >= 0.3 is 0 Å². The zero-order valence-electron chi connectivity index (χ0n) is 10.2. The van der Waals surface area contributed by atoms with Crippen molar-refractivity contribution in [2.45, 2.75) is 32.2 Å². The number of rotatable bonds is 2. The first-order valence-corrected chi connectivity index (χ1v) is 6.87. The highest BCUT2D eigenvalue weighted by Crippen LogP contribution is 2.24. The van der Waals surface area contributed by atoms with Crippen LogP contribution in [0.5, 0.6) is 0 Å². The summed E-state index contributed by atoms with van der Waals surface area (Å²) < 4.78 is 13.6. The molecule has 1 aliphatic rings. The van der Waals surface area contributed by atoms with Crippen molar-refractivity contribution >= 4 is 27.5 Å². The molecule has 0 unspecified atom stereocenters. The van der Waals surface area contributed by atoms with Crippen molar-refractivity contribution in [2.75, 3.05) is 11.9 Å². The van der Waals surface area contributed by atoms with Crippen LogP contribution in [0.2, 0.25) is 0 Å². The fraction of sp³-hybridized carbons (Fsp3) is 0.462. The first-order valence-electron chi connectivity index (χ1n) is 6.08. The van der Waals surface area contributed by atoms with Gasteiger partial charge in [-0.15, -0.1) is 0 Å². The number of carbonyl (C=O) groups is 1. The monoisotopic (exact) mass is 314 g/mol. The highest BCUT2D eigenvalue weighted by molar-refractivity contribution is 9.10. The van der Waals surface area contributed by atoms with Gasteiger partial charge in [0.05, 0.1) is 10.5 Å². The van der Waals surface area contributed by atoms with Gasteiger partial charge in [-0.1, -0.05) is 6.42 Å². The SMILES string of the molecule is Cc1cc(F)c(Br)cc1NC(=O)[C@@H]1CCCCN1. The summed E-state index contributed by atoms with van der Waals surface area (Å²) in [5.41, 5.74) is 1.38. The number of carbonyl (C=O) groups excluding carboxylic acids is 1. The van der Waals surface area contributed by atoms with Gasteiger partial charge in [-0.05, 0) is 59.9 Å². The van der Waals surface area contributed by atoms with Crippen molar-refractivity contribution in [3.63, 3.8) is 0 Å². The minimum Gasteiger partial charge on any atom is -0.324 e. The molecule has 1 saturated heterocycles. The van der Waals surface area contributed by atoms with Gasteiger partial charge in [0.15, 0.2) is 0 Å². The normalized spacial score (nSPS) is 19.6. The number of hydrogen-bond donors (Lipinski definition) is 2. The van der Waals surface area contributed by atoms with E-state index in [1.165, 1.54) is 6.07 Å². The third-order valence-electron chi connectivity index (χ3n) is 3.15. The van der Waals surface area contributed by atoms with E-state index in [1.807, 2.05) is 0 Å². The summed E-state index contributed by atoms with van der Waals surface area (Å²) in [4.78, 5) is 12.0. The molecule has 0 bridgehead atoms. The lowest BCUT2D eigenvalue weighted by atomic mass is 10.0. The number of halogens is 2. The van der Waals surface area contributed by atoms with Crippen LogP contribution in [0.1, 0.15) is 24.8 Å². The summed E-state index contributed by atoms with van der Waals surface area (Å²) in [5.74, 6) is -0.363. The minimum atomic E-state index is -0.318. The Hall–Kier alpha value is -0.940. The maximum Gasteiger partial charge on any atom is 0.241 e. The highest BCUT2D eigenvalue weighted by Gasteiger charge is 2.21. The Balaban J connectivity index is 2.08. The second-order valence-corrected chi connectivity index (χ2v) is 5.43. The molecule has 98 valence electrons. The molecule has 1 atom stereocenters. The molecule has 1 amide bonds. The summed E-state index contributed by atoms with van der Waals surface area (Å²) >= 11 is 3.12. The van der Waals surface area contributed by atoms with Crippen LogP contribution in [-0.2, 0) is 4.79 Å². The Morgan fingerprint density at radius 1 is 1.50 bits per heavy atom. The van der Waals surface area contributed by atoms with Crippen LogP contribution >= 0.6 is 15.9 Å². The number of nitrogens with one attached hydrogen (secondary N) is 2. The molecular weight excluding hydrogens is 299 g/mol. The van der Waals surface area contributed by atoms with Crippen molar-refractivity contribution in [1.29, 1.82) is 0 Å². The van der Waals surface area contributed by atoms with Crippen molar-refractivity contribution < 1.29 is 9.18 Å². The van der Waals surface area contributed by atoms with Crippen LogP contribution in [-0.4, -0.2) is 18.5 Å². The molecule has 1 aromatic rings. The second kappa shape index (κ2) is 5.80. The van der Waals surface area contributed by atoms with Crippen molar-refractivity contribution in [2.24, 2.45) is 0 Å². The van der Waals surface area contributed by atoms with Crippen LogP contribution in [0.4, 0.5) is 10.1 Å². The Morgan fingerprint density at radius 2 is 2.28 bits per heavy atom. The maximum atomic E-state index is 13.3. The van der Waals surface area contributed by atoms with E-state index in [0.29, 0.717) is 10.2 Å². The molecule has 1 aromatic carbocycles. The zero-order chi connectivity index (χ0) is 13.1. The molecule has 5 heteroatoms. The van der Waals surface area contributed by atoms with E-state index < -0.39 is 0 Å². The molecule has 1 aliphatic heterocycles. The molecule has 18 heavy (non-hydrogen) atoms. The predicted octanol–water partition coefficient (Wildman–Crippen LogP) is 2.98. The van der Waals surface area contributed by atoms with Gasteiger partial charge < -0.3 is 10.6 Å². The lowest BCUT2D eigenvalue weighted by Gasteiger charge is -2.23. The number of hydrogen-bond acceptors (Lipinski definition) is 2. The van der Waals surface area contributed by atoms with Gasteiger partial charge in [-0.25, -0.2) is 4.39 Å². The van der Waals surface area contributed by atoms with Crippen LogP contribution in [0.25, 0.3) is 0 Å². The topological polar surface area (TPSA) is 41.1 Å². The molecule has 2 N–H and O–H groups in total. The number of benzene rings is 1. The summed E-state index contributed by atoms with van der Waals surface area (Å²) in [7, 11) is 0. The largest absolute Gasteiger partial charge is 0.324 e. The Morgan fingerprint density at radius 3 is 2.94 bits per heavy atom. The van der Waals surface area contributed by atoms with Gasteiger partial charge in [0.2, 0.25) is 5.91 Å². The van der Waals surface area contributed by atoms with Gasteiger partial charge in [-0.2, -0.15) is 0 Å². The number of piperidine rings is 1. The maximum absolute atomic E-state index is 13.3. The fourth-order valence-electron chi connectivity index (χ4n) is 2.08. The molecule has 1 heterocycles. The average Bonchev–Trinajstić information content (AvgIpc) is 2.37. The number of anilines is 1. The average molecular weight is 315 g/mol. The highest BCUT2D eigenvalue weighted by atomic mass is 79.9. The van der Waals surface area contributed by atoms with E-state index >= 15 is 0 Å². The molecule has 2 rings (SSSR count). The van der Waals surface area contributed by atoms with Crippen molar-refractivity contribution in [3.05, 3.63) is 28.0 Å². The van der Waals surface area contributed by atoms with Crippen LogP contribution in [0, 0.1) is 12.7 Å². The van der Waals surface area contributed by atoms with E-state index in [2.05, 4.69) is 26.6 Å². The van der Waals surface area contributed by atoms with E-state index in [-0.39, 0.29) is 17.8 Å². The van der Waals surface area contributed by atoms with E-state index in [0.717, 1.165) is 31.4 Å². The van der Waals surface area contributed by atoms with Gasteiger partial charge in [0.25, 0.3) is 0 Å². The summed E-state index contributed by atoms with van der Waals surface area (Å²) in [6.07, 6.45) is 3.04. The van der Waals surface area contributed by atoms with Crippen LogP contribution < -0.4 is 10.6 Å².